The fourth-order valence-electron chi connectivity index (χ4n) is 3.29. The Balaban J connectivity index is 1.54. The van der Waals surface area contributed by atoms with Gasteiger partial charge in [-0.3, -0.25) is 4.79 Å². The van der Waals surface area contributed by atoms with Gasteiger partial charge in [-0.15, -0.1) is 11.8 Å². The standard InChI is InChI=1S/C21H23F3N2OS/c1-15-6-7-19(16(2)12-15)28-14-20(27)26-10-8-25(9-11-26)18-5-3-4-17(13-18)21(22,23)24/h3-7,12-13H,8-11,14H2,1-2H3. The number of carbonyl (C=O) groups excluding carboxylic acids is 1. The Bertz CT molecular complexity index is 846. The number of amides is 1. The molecule has 1 fully saturated rings. The lowest BCUT2D eigenvalue weighted by atomic mass is 10.1. The van der Waals surface area contributed by atoms with Crippen LogP contribution in [0.15, 0.2) is 47.4 Å². The number of piperazine rings is 1. The Morgan fingerprint density at radius 3 is 2.39 bits per heavy atom. The number of rotatable bonds is 4. The van der Waals surface area contributed by atoms with Crippen molar-refractivity contribution >= 4 is 23.4 Å². The van der Waals surface area contributed by atoms with Crippen molar-refractivity contribution in [2.24, 2.45) is 0 Å². The lowest BCUT2D eigenvalue weighted by Crippen LogP contribution is -2.49. The zero-order valence-electron chi connectivity index (χ0n) is 15.9. The van der Waals surface area contributed by atoms with E-state index in [2.05, 4.69) is 6.07 Å². The molecule has 3 rings (SSSR count). The first-order valence-electron chi connectivity index (χ1n) is 9.14. The molecule has 0 saturated carbocycles. The molecule has 3 nitrogen and oxygen atoms in total. The molecule has 150 valence electrons. The minimum Gasteiger partial charge on any atom is -0.368 e. The van der Waals surface area contributed by atoms with Crippen molar-refractivity contribution in [2.75, 3.05) is 36.8 Å². The van der Waals surface area contributed by atoms with Crippen molar-refractivity contribution in [1.82, 2.24) is 4.90 Å². The smallest absolute Gasteiger partial charge is 0.368 e. The quantitative estimate of drug-likeness (QED) is 0.682. The molecule has 1 aliphatic rings. The summed E-state index contributed by atoms with van der Waals surface area (Å²) in [7, 11) is 0. The van der Waals surface area contributed by atoms with E-state index in [4.69, 9.17) is 0 Å². The molecule has 0 N–H and O–H groups in total. The summed E-state index contributed by atoms with van der Waals surface area (Å²) in [4.78, 5) is 17.3. The molecule has 7 heteroatoms. The van der Waals surface area contributed by atoms with Gasteiger partial charge in [0.1, 0.15) is 0 Å². The molecule has 0 unspecified atom stereocenters. The minimum atomic E-state index is -4.35. The summed E-state index contributed by atoms with van der Waals surface area (Å²) in [6.07, 6.45) is -4.35. The number of thioether (sulfide) groups is 1. The Hall–Kier alpha value is -2.15. The summed E-state index contributed by atoms with van der Waals surface area (Å²) in [5.74, 6) is 0.432. The van der Waals surface area contributed by atoms with Gasteiger partial charge in [0.2, 0.25) is 5.91 Å². The maximum Gasteiger partial charge on any atom is 0.416 e. The van der Waals surface area contributed by atoms with Gasteiger partial charge < -0.3 is 9.80 Å². The molecular formula is C21H23F3N2OS. The van der Waals surface area contributed by atoms with Crippen molar-refractivity contribution in [3.05, 3.63) is 59.2 Å². The summed E-state index contributed by atoms with van der Waals surface area (Å²) in [5, 5.41) is 0. The lowest BCUT2D eigenvalue weighted by molar-refractivity contribution is -0.137. The van der Waals surface area contributed by atoms with Gasteiger partial charge in [-0.05, 0) is 43.7 Å². The molecule has 0 aliphatic carbocycles. The van der Waals surface area contributed by atoms with Crippen LogP contribution in [0.2, 0.25) is 0 Å². The largest absolute Gasteiger partial charge is 0.416 e. The Morgan fingerprint density at radius 2 is 1.75 bits per heavy atom. The van der Waals surface area contributed by atoms with E-state index < -0.39 is 11.7 Å². The van der Waals surface area contributed by atoms with E-state index in [-0.39, 0.29) is 5.91 Å². The number of hydrogen-bond donors (Lipinski definition) is 0. The zero-order valence-corrected chi connectivity index (χ0v) is 16.7. The third-order valence-corrected chi connectivity index (χ3v) is 6.01. The average Bonchev–Trinajstić information content (AvgIpc) is 2.67. The Labute approximate surface area is 167 Å². The van der Waals surface area contributed by atoms with Gasteiger partial charge in [-0.1, -0.05) is 23.8 Å². The first-order valence-corrected chi connectivity index (χ1v) is 10.1. The van der Waals surface area contributed by atoms with E-state index >= 15 is 0 Å². The van der Waals surface area contributed by atoms with E-state index in [0.29, 0.717) is 37.6 Å². The maximum atomic E-state index is 12.9. The fourth-order valence-corrected chi connectivity index (χ4v) is 4.20. The highest BCUT2D eigenvalue weighted by Crippen LogP contribution is 2.32. The highest BCUT2D eigenvalue weighted by Gasteiger charge is 2.31. The number of benzene rings is 2. The molecule has 0 atom stereocenters. The monoisotopic (exact) mass is 408 g/mol. The lowest BCUT2D eigenvalue weighted by Gasteiger charge is -2.36. The first kappa shape index (κ1) is 20.6. The number of aryl methyl sites for hydroxylation is 2. The summed E-state index contributed by atoms with van der Waals surface area (Å²) in [6.45, 7) is 6.16. The van der Waals surface area contributed by atoms with Gasteiger partial charge in [0, 0.05) is 36.8 Å². The van der Waals surface area contributed by atoms with Gasteiger partial charge in [-0.25, -0.2) is 0 Å². The number of halogens is 3. The third kappa shape index (κ3) is 5.01. The van der Waals surface area contributed by atoms with Gasteiger partial charge >= 0.3 is 6.18 Å². The summed E-state index contributed by atoms with van der Waals surface area (Å²) < 4.78 is 38.7. The van der Waals surface area contributed by atoms with Crippen molar-refractivity contribution in [1.29, 1.82) is 0 Å². The van der Waals surface area contributed by atoms with Gasteiger partial charge in [-0.2, -0.15) is 13.2 Å². The van der Waals surface area contributed by atoms with Crippen LogP contribution < -0.4 is 4.90 Å². The Morgan fingerprint density at radius 1 is 1.04 bits per heavy atom. The number of anilines is 1. The fraction of sp³-hybridized carbons (Fsp3) is 0.381. The molecule has 28 heavy (non-hydrogen) atoms. The molecule has 0 radical (unpaired) electrons. The van der Waals surface area contributed by atoms with Crippen molar-refractivity contribution in [3.8, 4) is 0 Å². The van der Waals surface area contributed by atoms with Gasteiger partial charge in [0.05, 0.1) is 11.3 Å². The van der Waals surface area contributed by atoms with E-state index in [0.717, 1.165) is 16.5 Å². The van der Waals surface area contributed by atoms with E-state index in [1.54, 1.807) is 11.0 Å². The summed E-state index contributed by atoms with van der Waals surface area (Å²) >= 11 is 1.53. The molecule has 0 spiro atoms. The minimum absolute atomic E-state index is 0.0636. The SMILES string of the molecule is Cc1ccc(SCC(=O)N2CCN(c3cccc(C(F)(F)F)c3)CC2)c(C)c1. The molecule has 1 heterocycles. The van der Waals surface area contributed by atoms with Gasteiger partial charge in [0.15, 0.2) is 0 Å². The van der Waals surface area contributed by atoms with E-state index in [9.17, 15) is 18.0 Å². The number of alkyl halides is 3. The second-order valence-electron chi connectivity index (χ2n) is 6.97. The molecule has 1 saturated heterocycles. The Kier molecular flexibility index (Phi) is 6.23. The molecule has 2 aromatic rings. The average molecular weight is 408 g/mol. The van der Waals surface area contributed by atoms with Crippen LogP contribution in [-0.4, -0.2) is 42.7 Å². The van der Waals surface area contributed by atoms with Crippen LogP contribution in [0.3, 0.4) is 0 Å². The van der Waals surface area contributed by atoms with Crippen molar-refractivity contribution in [2.45, 2.75) is 24.9 Å². The molecule has 0 aromatic heterocycles. The van der Waals surface area contributed by atoms with E-state index in [1.807, 2.05) is 30.9 Å². The van der Waals surface area contributed by atoms with Crippen molar-refractivity contribution in [3.63, 3.8) is 0 Å². The van der Waals surface area contributed by atoms with Crippen LogP contribution in [0.4, 0.5) is 18.9 Å². The molecule has 1 aliphatic heterocycles. The van der Waals surface area contributed by atoms with Crippen LogP contribution in [-0.2, 0) is 11.0 Å². The second-order valence-corrected chi connectivity index (χ2v) is 7.99. The molecule has 2 aromatic carbocycles. The number of carbonyl (C=O) groups is 1. The summed E-state index contributed by atoms with van der Waals surface area (Å²) in [5.41, 5.74) is 2.26. The highest BCUT2D eigenvalue weighted by molar-refractivity contribution is 8.00. The van der Waals surface area contributed by atoms with Gasteiger partial charge in [0.25, 0.3) is 0 Å². The van der Waals surface area contributed by atoms with Crippen LogP contribution in [0.25, 0.3) is 0 Å². The number of hydrogen-bond acceptors (Lipinski definition) is 3. The normalized spacial score (nSPS) is 15.0. The number of nitrogens with zero attached hydrogens (tertiary/aromatic N) is 2. The third-order valence-electron chi connectivity index (χ3n) is 4.85. The molecular weight excluding hydrogens is 385 g/mol. The van der Waals surface area contributed by atoms with E-state index in [1.165, 1.54) is 29.5 Å². The molecule has 0 bridgehead atoms. The van der Waals surface area contributed by atoms with Crippen LogP contribution in [0.1, 0.15) is 16.7 Å². The predicted molar refractivity (Wildman–Crippen MR) is 107 cm³/mol. The zero-order chi connectivity index (χ0) is 20.3. The maximum absolute atomic E-state index is 12.9. The van der Waals surface area contributed by atoms with Crippen LogP contribution in [0, 0.1) is 13.8 Å². The first-order chi connectivity index (χ1) is 13.2. The summed E-state index contributed by atoms with van der Waals surface area (Å²) in [6, 6.07) is 11.5. The second kappa shape index (κ2) is 8.47. The highest BCUT2D eigenvalue weighted by atomic mass is 32.2. The molecule has 1 amide bonds. The topological polar surface area (TPSA) is 23.6 Å². The van der Waals surface area contributed by atoms with Crippen LogP contribution >= 0.6 is 11.8 Å². The predicted octanol–water partition coefficient (Wildman–Crippen LogP) is 4.76. The van der Waals surface area contributed by atoms with Crippen LogP contribution in [0.5, 0.6) is 0 Å². The van der Waals surface area contributed by atoms with Crippen molar-refractivity contribution < 1.29 is 18.0 Å².